The molecule has 0 radical (unpaired) electrons. The molecule has 1 saturated carbocycles. The standard InChI is InChI=1S/C28H31FN2O8S/c1-37-27(33)25-23(7-6-21-22-15-18(22)16-39-26(21)25)31(28(34)38-2)40(35,36)24-8-5-19(29)14-17(24)4-3-11-30-12-9-20(32)10-13-30/h3-8,14,18,20,22,32H,9-13,15-16H2,1-2H3/b4-3-/t18-,22-/m0/s1. The van der Waals surface area contributed by atoms with Crippen molar-refractivity contribution in [2.75, 3.05) is 44.8 Å². The minimum atomic E-state index is -4.74. The second kappa shape index (κ2) is 11.2. The molecule has 1 saturated heterocycles. The number of nitrogens with zero attached hydrogens (tertiary/aromatic N) is 2. The zero-order valence-corrected chi connectivity index (χ0v) is 23.0. The number of aliphatic hydroxyl groups is 1. The number of hydrogen-bond donors (Lipinski definition) is 1. The molecule has 214 valence electrons. The molecule has 5 rings (SSSR count). The molecule has 0 bridgehead atoms. The van der Waals surface area contributed by atoms with Gasteiger partial charge in [0.1, 0.15) is 17.1 Å². The molecule has 0 unspecified atom stereocenters. The predicted octanol–water partition coefficient (Wildman–Crippen LogP) is 3.54. The van der Waals surface area contributed by atoms with Crippen molar-refractivity contribution in [1.82, 2.24) is 4.90 Å². The summed E-state index contributed by atoms with van der Waals surface area (Å²) in [5.41, 5.74) is 0.271. The molecule has 0 spiro atoms. The summed E-state index contributed by atoms with van der Waals surface area (Å²) >= 11 is 0. The monoisotopic (exact) mass is 574 g/mol. The Balaban J connectivity index is 1.56. The van der Waals surface area contributed by atoms with E-state index in [1.807, 2.05) is 0 Å². The highest BCUT2D eigenvalue weighted by atomic mass is 32.2. The van der Waals surface area contributed by atoms with Crippen LogP contribution < -0.4 is 9.04 Å². The number of sulfonamides is 1. The minimum absolute atomic E-state index is 0.0144. The number of carbonyl (C=O) groups excluding carboxylic acids is 2. The summed E-state index contributed by atoms with van der Waals surface area (Å²) in [6.45, 7) is 2.17. The van der Waals surface area contributed by atoms with E-state index in [4.69, 9.17) is 14.2 Å². The van der Waals surface area contributed by atoms with Gasteiger partial charge in [0.15, 0.2) is 0 Å². The number of fused-ring (bicyclic) bond motifs is 3. The number of halogens is 1. The van der Waals surface area contributed by atoms with E-state index in [1.54, 1.807) is 12.1 Å². The fourth-order valence-corrected chi connectivity index (χ4v) is 6.87. The van der Waals surface area contributed by atoms with E-state index >= 15 is 0 Å². The first-order chi connectivity index (χ1) is 19.1. The molecule has 2 fully saturated rings. The van der Waals surface area contributed by atoms with Gasteiger partial charge in [-0.05, 0) is 60.6 Å². The van der Waals surface area contributed by atoms with Crippen molar-refractivity contribution in [3.8, 4) is 5.75 Å². The molecule has 2 aromatic rings. The van der Waals surface area contributed by atoms with Gasteiger partial charge in [-0.25, -0.2) is 22.4 Å². The third-order valence-electron chi connectivity index (χ3n) is 7.59. The summed E-state index contributed by atoms with van der Waals surface area (Å²) in [7, 11) is -2.57. The van der Waals surface area contributed by atoms with Crippen molar-refractivity contribution in [3.05, 3.63) is 58.9 Å². The van der Waals surface area contributed by atoms with Gasteiger partial charge < -0.3 is 19.3 Å². The summed E-state index contributed by atoms with van der Waals surface area (Å²) in [6, 6.07) is 6.12. The third-order valence-corrected chi connectivity index (χ3v) is 9.34. The lowest BCUT2D eigenvalue weighted by atomic mass is 10.00. The second-order valence-corrected chi connectivity index (χ2v) is 11.9. The quantitative estimate of drug-likeness (QED) is 0.495. The highest BCUT2D eigenvalue weighted by molar-refractivity contribution is 7.93. The molecule has 2 aromatic carbocycles. The molecule has 2 heterocycles. The van der Waals surface area contributed by atoms with E-state index in [0.29, 0.717) is 49.3 Å². The number of hydrogen-bond acceptors (Lipinski definition) is 9. The lowest BCUT2D eigenvalue weighted by molar-refractivity contribution is 0.0596. The Morgan fingerprint density at radius 3 is 2.62 bits per heavy atom. The average Bonchev–Trinajstić information content (AvgIpc) is 3.74. The van der Waals surface area contributed by atoms with Gasteiger partial charge >= 0.3 is 12.1 Å². The number of anilines is 1. The summed E-state index contributed by atoms with van der Waals surface area (Å²) in [5, 5.41) is 9.72. The van der Waals surface area contributed by atoms with Crippen molar-refractivity contribution in [2.24, 2.45) is 5.92 Å². The number of esters is 1. The topological polar surface area (TPSA) is 123 Å². The first-order valence-electron chi connectivity index (χ1n) is 13.0. The zero-order valence-electron chi connectivity index (χ0n) is 22.2. The molecular formula is C28H31FN2O8S. The summed E-state index contributed by atoms with van der Waals surface area (Å²) in [4.78, 5) is 27.8. The van der Waals surface area contributed by atoms with Crippen LogP contribution in [0.25, 0.3) is 6.08 Å². The van der Waals surface area contributed by atoms with Crippen molar-refractivity contribution in [1.29, 1.82) is 0 Å². The highest BCUT2D eigenvalue weighted by Gasteiger charge is 2.47. The number of aliphatic hydroxyl groups excluding tert-OH is 1. The van der Waals surface area contributed by atoms with Crippen molar-refractivity contribution in [2.45, 2.75) is 36.2 Å². The largest absolute Gasteiger partial charge is 0.492 e. The van der Waals surface area contributed by atoms with Crippen LogP contribution in [0.15, 0.2) is 41.3 Å². The first-order valence-corrected chi connectivity index (χ1v) is 14.5. The number of carbonyl (C=O) groups is 2. The van der Waals surface area contributed by atoms with Crippen LogP contribution in [-0.2, 0) is 19.5 Å². The molecule has 3 aliphatic rings. The smallest absolute Gasteiger partial charge is 0.428 e. The number of ether oxygens (including phenoxy) is 3. The Kier molecular flexibility index (Phi) is 7.85. The molecule has 1 amide bonds. The minimum Gasteiger partial charge on any atom is -0.492 e. The third kappa shape index (κ3) is 5.30. The Morgan fingerprint density at radius 1 is 1.18 bits per heavy atom. The Morgan fingerprint density at radius 2 is 1.93 bits per heavy atom. The summed E-state index contributed by atoms with van der Waals surface area (Å²) in [6.07, 6.45) is 3.73. The number of rotatable bonds is 7. The van der Waals surface area contributed by atoms with Gasteiger partial charge in [-0.15, -0.1) is 0 Å². The zero-order chi connectivity index (χ0) is 28.6. The van der Waals surface area contributed by atoms with Crippen molar-refractivity contribution < 1.29 is 41.7 Å². The van der Waals surface area contributed by atoms with Crippen LogP contribution in [-0.4, -0.2) is 77.1 Å². The van der Waals surface area contributed by atoms with E-state index in [2.05, 4.69) is 4.90 Å². The van der Waals surface area contributed by atoms with Gasteiger partial charge in [0.2, 0.25) is 0 Å². The maximum atomic E-state index is 14.3. The van der Waals surface area contributed by atoms with Crippen LogP contribution in [0.5, 0.6) is 5.75 Å². The van der Waals surface area contributed by atoms with Gasteiger partial charge in [0.05, 0.1) is 37.5 Å². The molecule has 2 atom stereocenters. The van der Waals surface area contributed by atoms with Gasteiger partial charge in [-0.3, -0.25) is 4.90 Å². The molecule has 10 nitrogen and oxygen atoms in total. The molecule has 12 heteroatoms. The number of piperidine rings is 1. The van der Waals surface area contributed by atoms with Crippen LogP contribution in [0.4, 0.5) is 14.9 Å². The van der Waals surface area contributed by atoms with Crippen LogP contribution in [0, 0.1) is 11.7 Å². The lowest BCUT2D eigenvalue weighted by Crippen LogP contribution is -2.38. The summed E-state index contributed by atoms with van der Waals surface area (Å²) in [5.74, 6) is -0.853. The first kappa shape index (κ1) is 28.1. The number of benzene rings is 2. The van der Waals surface area contributed by atoms with Gasteiger partial charge in [-0.1, -0.05) is 18.2 Å². The highest BCUT2D eigenvalue weighted by Crippen LogP contribution is 2.56. The number of methoxy groups -OCH3 is 2. The molecule has 1 aliphatic carbocycles. The van der Waals surface area contributed by atoms with Crippen molar-refractivity contribution >= 4 is 33.8 Å². The molecule has 2 aliphatic heterocycles. The van der Waals surface area contributed by atoms with Gasteiger partial charge in [0.25, 0.3) is 10.0 Å². The normalized spacial score (nSPS) is 20.8. The van der Waals surface area contributed by atoms with E-state index in [9.17, 15) is 27.5 Å². The predicted molar refractivity (Wildman–Crippen MR) is 143 cm³/mol. The molecule has 0 aromatic heterocycles. The van der Waals surface area contributed by atoms with E-state index in [-0.39, 0.29) is 39.5 Å². The maximum Gasteiger partial charge on any atom is 0.428 e. The van der Waals surface area contributed by atoms with Crippen LogP contribution in [0.1, 0.15) is 46.7 Å². The Hall–Kier alpha value is -3.48. The van der Waals surface area contributed by atoms with Crippen molar-refractivity contribution in [3.63, 3.8) is 0 Å². The molecule has 1 N–H and O–H groups in total. The van der Waals surface area contributed by atoms with Gasteiger partial charge in [-0.2, -0.15) is 4.31 Å². The second-order valence-electron chi connectivity index (χ2n) is 10.1. The number of amides is 1. The van der Waals surface area contributed by atoms with Gasteiger partial charge in [0, 0.05) is 25.6 Å². The SMILES string of the molecule is COC(=O)c1c(N(C(=O)OC)S(=O)(=O)c2ccc(F)cc2/C=C\CN2CCC(O)CC2)ccc2c1OC[C@@H]1C[C@H]21. The number of likely N-dealkylation sites (tertiary alicyclic amines) is 1. The fraction of sp³-hybridized carbons (Fsp3) is 0.429. The molecular weight excluding hydrogens is 543 g/mol. The van der Waals surface area contributed by atoms with E-state index < -0.39 is 27.9 Å². The van der Waals surface area contributed by atoms with E-state index in [0.717, 1.165) is 44.4 Å². The summed E-state index contributed by atoms with van der Waals surface area (Å²) < 4.78 is 58.6. The average molecular weight is 575 g/mol. The Labute approximate surface area is 232 Å². The van der Waals surface area contributed by atoms with Crippen LogP contribution in [0.3, 0.4) is 0 Å². The molecule has 40 heavy (non-hydrogen) atoms. The van der Waals surface area contributed by atoms with E-state index in [1.165, 1.54) is 12.1 Å². The lowest BCUT2D eigenvalue weighted by Gasteiger charge is -2.28. The van der Waals surface area contributed by atoms with Crippen LogP contribution >= 0.6 is 0 Å². The Bertz CT molecular complexity index is 1450. The fourth-order valence-electron chi connectivity index (χ4n) is 5.33. The maximum absolute atomic E-state index is 14.3. The van der Waals surface area contributed by atoms with Crippen LogP contribution in [0.2, 0.25) is 0 Å².